The van der Waals surface area contributed by atoms with Crippen molar-refractivity contribution >= 4 is 88.8 Å². The number of ether oxygens (including phenoxy) is 4. The molecule has 131 heavy (non-hydrogen) atoms. The van der Waals surface area contributed by atoms with Crippen LogP contribution in [0, 0.1) is 92.7 Å². The lowest BCUT2D eigenvalue weighted by atomic mass is 9.46. The fraction of sp³-hybridized carbons (Fsp3) is 0.445. The van der Waals surface area contributed by atoms with Crippen molar-refractivity contribution in [1.29, 1.82) is 0 Å². The second-order valence-electron chi connectivity index (χ2n) is 40.4. The van der Waals surface area contributed by atoms with Crippen molar-refractivity contribution in [3.05, 3.63) is 273 Å². The maximum absolute atomic E-state index is 13.7. The SMILES string of the molecule is C.C[C@]12C=CC(=O)C=C1CC[C@@H]1[C@@H]2[C@@H](O)C[C@@]2(C)[C@H]1C[C@@H](O)[C@]2(O)C(=O)CO.C[C@]12C=CC(=O)C=C1CC[C@@H]1[C@@H]2[C@@H](O)C[C@@]2(C)[C@H]1C[C@H]1O[C@@H](c3ccc(/C=C/c4cccc(N)c4)cc3)O[C@]12C(=O)CO.C[C@]12C=CC(=O)C=C1CC[C@@H]1[C@@H]2[C@@H](O)C[C@@]2(C)[C@H]1C[C@H]1O[C@H](c3ccc(/C=C/c4cccc(N)c4)cc3)O[C@]12C(=O)CO.Cc1cccc(/C=C/c2ccc(C=O)cc2)c1. The molecule has 21 heteroatoms. The van der Waals surface area contributed by atoms with Gasteiger partial charge in [-0.3, -0.25) is 33.6 Å². The normalized spacial score (nSPS) is 38.0. The molecule has 26 atom stereocenters. The Morgan fingerprint density at radius 1 is 0.427 bits per heavy atom. The van der Waals surface area contributed by atoms with Crippen molar-refractivity contribution in [2.45, 2.75) is 199 Å². The van der Waals surface area contributed by atoms with Gasteiger partial charge < -0.3 is 71.3 Å². The molecule has 12 aliphatic carbocycles. The molecule has 21 nitrogen and oxygen atoms in total. The van der Waals surface area contributed by atoms with Crippen LogP contribution in [0.4, 0.5) is 11.4 Å². The molecule has 688 valence electrons. The molecular formula is C110H124N2O19. The number of Topliss-reactive ketones (excluding diaryl/α,β-unsaturated/α-hetero) is 3. The summed E-state index contributed by atoms with van der Waals surface area (Å²) in [6.07, 6.45) is 29.8. The van der Waals surface area contributed by atoms with Gasteiger partial charge in [-0.1, -0.05) is 247 Å². The summed E-state index contributed by atoms with van der Waals surface area (Å²) in [4.78, 5) is 86.5. The van der Waals surface area contributed by atoms with E-state index >= 15 is 0 Å². The van der Waals surface area contributed by atoms with Crippen molar-refractivity contribution in [1.82, 2.24) is 0 Å². The lowest BCUT2D eigenvalue weighted by Crippen LogP contribution is -2.63. The van der Waals surface area contributed by atoms with E-state index in [0.29, 0.717) is 42.6 Å². The summed E-state index contributed by atoms with van der Waals surface area (Å²) in [5.74, 6) is -1.63. The van der Waals surface area contributed by atoms with Crippen molar-refractivity contribution in [3.8, 4) is 0 Å². The Kier molecular flexibility index (Phi) is 25.8. The first kappa shape index (κ1) is 94.0. The number of carbonyl (C=O) groups is 7. The van der Waals surface area contributed by atoms with Gasteiger partial charge in [-0.25, -0.2) is 0 Å². The molecule has 0 aromatic heterocycles. The Hall–Kier alpha value is -10.2. The van der Waals surface area contributed by atoms with Gasteiger partial charge in [0.1, 0.15) is 26.1 Å². The third-order valence-corrected chi connectivity index (χ3v) is 33.6. The van der Waals surface area contributed by atoms with Crippen molar-refractivity contribution in [2.75, 3.05) is 31.3 Å². The molecular weight excluding hydrogens is 1650 g/mol. The fourth-order valence-corrected chi connectivity index (χ4v) is 27.5. The molecule has 12 N–H and O–H groups in total. The number of aliphatic hydroxyl groups excluding tert-OH is 7. The number of nitrogens with two attached hydrogens (primary N) is 2. The van der Waals surface area contributed by atoms with E-state index in [1.807, 2.05) is 183 Å². The highest BCUT2D eigenvalue weighted by Gasteiger charge is 2.79. The standard InChI is InChI=1S/2C36H39NO6.C21H28O6.C16H14O.CH4/c2*1-34-15-14-26(39)17-24(34)12-13-27-28-18-31-36(30(41)20-38,35(28,2)19-29(40)32(27)34)43-33(42-31)23-10-8-21(9-11-23)6-7-22-4-3-5-25(37)16-22;1-19-6-5-12(23)7-11(19)3-4-13-14-8-16(25)21(27,17(26)10-22)20(14,2)9-15(24)18(13)19;1-13-3-2-4-15(11-13)8-5-14-6-9-16(12-17)10-7-14;/h2*3-11,14-17,27-29,31-33,38,40H,12-13,18-20,37H2,1-2H3;5-7,13-16,18,22,24-25,27H,3-4,8-10H2,1-2H3;2-12H,1H3;1H4/b2*7-6+;;8-5+;/t27-,28-,29-,31+,32+,33+,34-,35-,36+;27-,28-,29-,31+,32+,33-,34-,35-,36+;13-,14-,15-,16+,18+,19-,20-,21-;;/m000../s1. The number of fused-ring (bicyclic) bond motifs is 19. The molecule has 2 aliphatic heterocycles. The summed E-state index contributed by atoms with van der Waals surface area (Å²) in [6, 6.07) is 46.9. The zero-order valence-electron chi connectivity index (χ0n) is 74.7. The van der Waals surface area contributed by atoms with E-state index in [4.69, 9.17) is 30.4 Å². The minimum Gasteiger partial charge on any atom is -0.399 e. The maximum atomic E-state index is 13.7. The number of nitrogen functional groups attached to an aromatic ring is 2. The lowest BCUT2D eigenvalue weighted by Gasteiger charge is -2.59. The third kappa shape index (κ3) is 15.9. The Balaban J connectivity index is 0.000000134. The maximum Gasteiger partial charge on any atom is 0.193 e. The van der Waals surface area contributed by atoms with E-state index in [1.165, 1.54) is 11.1 Å². The molecule has 14 aliphatic rings. The van der Waals surface area contributed by atoms with E-state index in [-0.39, 0.29) is 102 Å². The summed E-state index contributed by atoms with van der Waals surface area (Å²) < 4.78 is 26.5. The minimum absolute atomic E-state index is 0. The summed E-state index contributed by atoms with van der Waals surface area (Å²) in [6.45, 7) is 12.1. The molecule has 2 heterocycles. The molecule has 0 radical (unpaired) electrons. The highest BCUT2D eigenvalue weighted by Crippen LogP contribution is 2.74. The Labute approximate surface area is 766 Å². The first-order valence-corrected chi connectivity index (χ1v) is 46.0. The molecule has 0 bridgehead atoms. The van der Waals surface area contributed by atoms with Gasteiger partial charge in [-0.2, -0.15) is 0 Å². The summed E-state index contributed by atoms with van der Waals surface area (Å²) >= 11 is 0. The van der Waals surface area contributed by atoms with Crippen molar-refractivity contribution in [3.63, 3.8) is 0 Å². The number of rotatable bonds is 15. The Morgan fingerprint density at radius 2 is 0.756 bits per heavy atom. The van der Waals surface area contributed by atoms with Crippen molar-refractivity contribution in [2.24, 2.45) is 85.8 Å². The molecule has 0 amide bonds. The van der Waals surface area contributed by atoms with Crippen LogP contribution in [0.2, 0.25) is 0 Å². The van der Waals surface area contributed by atoms with E-state index in [2.05, 4.69) is 58.9 Å². The van der Waals surface area contributed by atoms with Gasteiger partial charge in [0.25, 0.3) is 0 Å². The molecule has 0 spiro atoms. The van der Waals surface area contributed by atoms with Crippen LogP contribution in [0.3, 0.4) is 0 Å². The monoisotopic (exact) mass is 1780 g/mol. The smallest absolute Gasteiger partial charge is 0.193 e. The van der Waals surface area contributed by atoms with Gasteiger partial charge in [-0.15, -0.1) is 0 Å². The number of aryl methyl sites for hydroxylation is 1. The van der Waals surface area contributed by atoms with Crippen LogP contribution in [-0.4, -0.2) is 155 Å². The second kappa shape index (κ2) is 36.0. The van der Waals surface area contributed by atoms with Gasteiger partial charge in [0, 0.05) is 78.3 Å². The largest absolute Gasteiger partial charge is 0.399 e. The van der Waals surface area contributed by atoms with Gasteiger partial charge >= 0.3 is 0 Å². The zero-order chi connectivity index (χ0) is 92.2. The quantitative estimate of drug-likeness (QED) is 0.0259. The molecule has 0 unspecified atom stereocenters. The summed E-state index contributed by atoms with van der Waals surface area (Å²) in [7, 11) is 0. The van der Waals surface area contributed by atoms with Gasteiger partial charge in [-0.05, 0) is 214 Å². The van der Waals surface area contributed by atoms with E-state index < -0.39 is 124 Å². The highest BCUT2D eigenvalue weighted by molar-refractivity contribution is 6.03. The molecule has 11 fully saturated rings. The van der Waals surface area contributed by atoms with Crippen LogP contribution >= 0.6 is 0 Å². The minimum atomic E-state index is -2.05. The molecule has 6 aromatic rings. The summed E-state index contributed by atoms with van der Waals surface area (Å²) in [5.41, 5.74) is 17.8. The van der Waals surface area contributed by atoms with Crippen LogP contribution in [-0.2, 0) is 47.7 Å². The molecule has 6 aromatic carbocycles. The number of hydrogen-bond donors (Lipinski definition) is 10. The topological polar surface area (TPSA) is 370 Å². The Bertz CT molecular complexity index is 5510. The molecule has 2 saturated heterocycles. The first-order chi connectivity index (χ1) is 62.0. The predicted molar refractivity (Wildman–Crippen MR) is 501 cm³/mol. The first-order valence-electron chi connectivity index (χ1n) is 46.0. The van der Waals surface area contributed by atoms with Gasteiger partial charge in [0.05, 0.1) is 36.6 Å². The van der Waals surface area contributed by atoms with E-state index in [9.17, 15) is 74.4 Å². The van der Waals surface area contributed by atoms with Gasteiger partial charge in [0.2, 0.25) is 0 Å². The van der Waals surface area contributed by atoms with Crippen LogP contribution in [0.25, 0.3) is 36.5 Å². The van der Waals surface area contributed by atoms with Crippen LogP contribution in [0.1, 0.15) is 199 Å². The second-order valence-corrected chi connectivity index (χ2v) is 40.4. The average Bonchev–Trinajstić information content (AvgIpc) is 1.52. The number of allylic oxidation sites excluding steroid dienone is 12. The number of benzene rings is 6. The predicted octanol–water partition coefficient (Wildman–Crippen LogP) is 15.2. The van der Waals surface area contributed by atoms with Crippen LogP contribution in [0.5, 0.6) is 0 Å². The molecule has 20 rings (SSSR count). The van der Waals surface area contributed by atoms with Gasteiger partial charge in [0.15, 0.2) is 64.1 Å². The zero-order valence-corrected chi connectivity index (χ0v) is 74.7. The lowest BCUT2D eigenvalue weighted by molar-refractivity contribution is -0.201. The number of carbonyl (C=O) groups excluding carboxylic acids is 7. The van der Waals surface area contributed by atoms with E-state index in [0.717, 1.165) is 100 Å². The average molecular weight is 1780 g/mol. The number of ketones is 6. The third-order valence-electron chi connectivity index (χ3n) is 33.6. The van der Waals surface area contributed by atoms with Crippen LogP contribution in [0.15, 0.2) is 217 Å². The number of hydrogen-bond acceptors (Lipinski definition) is 21. The van der Waals surface area contributed by atoms with Crippen molar-refractivity contribution < 1.29 is 93.4 Å². The highest BCUT2D eigenvalue weighted by atomic mass is 16.8. The van der Waals surface area contributed by atoms with Crippen LogP contribution < -0.4 is 11.5 Å². The number of anilines is 2. The fourth-order valence-electron chi connectivity index (χ4n) is 27.5. The number of aliphatic hydroxyl groups is 8. The number of aldehydes is 1. The summed E-state index contributed by atoms with van der Waals surface area (Å²) in [5, 5.41) is 86.4. The molecule has 9 saturated carbocycles. The van der Waals surface area contributed by atoms with E-state index in [1.54, 1.807) is 43.4 Å². The Morgan fingerprint density at radius 3 is 1.11 bits per heavy atom.